The summed E-state index contributed by atoms with van der Waals surface area (Å²) in [5.41, 5.74) is 3.07. The molecule has 0 aliphatic carbocycles. The molecule has 1 unspecified atom stereocenters. The SMILES string of the molecule is COc1ccccc1CC(C)N(C)C(=O)NOCC(=O)O. The zero-order chi connectivity index (χ0) is 15.8. The number of hydrogen-bond acceptors (Lipinski definition) is 4. The Morgan fingerprint density at radius 2 is 2.05 bits per heavy atom. The van der Waals surface area contributed by atoms with Gasteiger partial charge in [-0.15, -0.1) is 0 Å². The molecule has 2 N–H and O–H groups in total. The molecule has 0 aliphatic heterocycles. The highest BCUT2D eigenvalue weighted by Gasteiger charge is 2.17. The molecule has 0 heterocycles. The van der Waals surface area contributed by atoms with E-state index in [1.54, 1.807) is 14.2 Å². The number of para-hydroxylation sites is 1. The van der Waals surface area contributed by atoms with Crippen molar-refractivity contribution in [2.75, 3.05) is 20.8 Å². The minimum Gasteiger partial charge on any atom is -0.496 e. The Kier molecular flexibility index (Phi) is 6.48. The van der Waals surface area contributed by atoms with Gasteiger partial charge in [0.25, 0.3) is 0 Å². The predicted molar refractivity (Wildman–Crippen MR) is 76.0 cm³/mol. The first-order chi connectivity index (χ1) is 9.95. The second-order valence-electron chi connectivity index (χ2n) is 4.57. The fourth-order valence-electron chi connectivity index (χ4n) is 1.76. The van der Waals surface area contributed by atoms with Crippen molar-refractivity contribution in [1.29, 1.82) is 0 Å². The molecule has 21 heavy (non-hydrogen) atoms. The zero-order valence-electron chi connectivity index (χ0n) is 12.3. The maximum atomic E-state index is 11.8. The second kappa shape index (κ2) is 8.11. The average molecular weight is 296 g/mol. The maximum absolute atomic E-state index is 11.8. The first-order valence-corrected chi connectivity index (χ1v) is 6.44. The molecule has 7 heteroatoms. The van der Waals surface area contributed by atoms with Crippen LogP contribution < -0.4 is 10.2 Å². The van der Waals surface area contributed by atoms with Crippen molar-refractivity contribution in [3.63, 3.8) is 0 Å². The van der Waals surface area contributed by atoms with Crippen molar-refractivity contribution in [2.45, 2.75) is 19.4 Å². The Balaban J connectivity index is 2.55. The molecular formula is C14H20N2O5. The van der Waals surface area contributed by atoms with E-state index in [1.165, 1.54) is 4.90 Å². The number of nitrogens with zero attached hydrogens (tertiary/aromatic N) is 1. The van der Waals surface area contributed by atoms with E-state index in [0.29, 0.717) is 6.42 Å². The van der Waals surface area contributed by atoms with E-state index in [2.05, 4.69) is 10.3 Å². The summed E-state index contributed by atoms with van der Waals surface area (Å²) in [6.45, 7) is 1.30. The van der Waals surface area contributed by atoms with Crippen LogP contribution in [-0.2, 0) is 16.1 Å². The van der Waals surface area contributed by atoms with Crippen LogP contribution in [0.1, 0.15) is 12.5 Å². The second-order valence-corrected chi connectivity index (χ2v) is 4.57. The van der Waals surface area contributed by atoms with E-state index >= 15 is 0 Å². The number of hydroxylamine groups is 1. The molecule has 0 bridgehead atoms. The average Bonchev–Trinajstić information content (AvgIpc) is 2.46. The third kappa shape index (κ3) is 5.31. The van der Waals surface area contributed by atoms with Gasteiger partial charge in [0.1, 0.15) is 5.75 Å². The lowest BCUT2D eigenvalue weighted by molar-refractivity contribution is -0.144. The lowest BCUT2D eigenvalue weighted by Crippen LogP contribution is -2.43. The summed E-state index contributed by atoms with van der Waals surface area (Å²) >= 11 is 0. The highest BCUT2D eigenvalue weighted by molar-refractivity contribution is 5.73. The predicted octanol–water partition coefficient (Wildman–Crippen LogP) is 1.28. The summed E-state index contributed by atoms with van der Waals surface area (Å²) in [5.74, 6) is -0.389. The lowest BCUT2D eigenvalue weighted by Gasteiger charge is -2.25. The number of methoxy groups -OCH3 is 1. The molecule has 0 aliphatic rings. The van der Waals surface area contributed by atoms with Gasteiger partial charge in [0.15, 0.2) is 6.61 Å². The number of hydrogen-bond donors (Lipinski definition) is 2. The minimum atomic E-state index is -1.15. The molecule has 0 fully saturated rings. The third-order valence-electron chi connectivity index (χ3n) is 3.04. The number of likely N-dealkylation sites (N-methyl/N-ethyl adjacent to an activating group) is 1. The van der Waals surface area contributed by atoms with Gasteiger partial charge in [0.2, 0.25) is 0 Å². The zero-order valence-corrected chi connectivity index (χ0v) is 12.3. The molecule has 1 aromatic carbocycles. The number of rotatable bonds is 7. The van der Waals surface area contributed by atoms with Crippen LogP contribution >= 0.6 is 0 Å². The van der Waals surface area contributed by atoms with Gasteiger partial charge in [0.05, 0.1) is 7.11 Å². The minimum absolute atomic E-state index is 0.116. The summed E-state index contributed by atoms with van der Waals surface area (Å²) < 4.78 is 5.27. The standard InChI is InChI=1S/C14H20N2O5/c1-10(8-11-6-4-5-7-12(11)20-3)16(2)14(19)15-21-9-13(17)18/h4-7,10H,8-9H2,1-3H3,(H,15,19)(H,17,18). The van der Waals surface area contributed by atoms with Gasteiger partial charge in [-0.1, -0.05) is 18.2 Å². The summed E-state index contributed by atoms with van der Waals surface area (Å²) in [7, 11) is 3.21. The lowest BCUT2D eigenvalue weighted by atomic mass is 10.1. The number of carbonyl (C=O) groups is 2. The van der Waals surface area contributed by atoms with Crippen LogP contribution in [0.3, 0.4) is 0 Å². The van der Waals surface area contributed by atoms with Crippen LogP contribution in [-0.4, -0.2) is 48.8 Å². The molecule has 116 valence electrons. The van der Waals surface area contributed by atoms with E-state index in [4.69, 9.17) is 9.84 Å². The van der Waals surface area contributed by atoms with Gasteiger partial charge in [0, 0.05) is 13.1 Å². The van der Waals surface area contributed by atoms with Crippen molar-refractivity contribution in [2.24, 2.45) is 0 Å². The first-order valence-electron chi connectivity index (χ1n) is 6.44. The van der Waals surface area contributed by atoms with Gasteiger partial charge in [-0.2, -0.15) is 0 Å². The Bertz CT molecular complexity index is 492. The van der Waals surface area contributed by atoms with Crippen molar-refractivity contribution in [3.8, 4) is 5.75 Å². The highest BCUT2D eigenvalue weighted by atomic mass is 16.7. The van der Waals surface area contributed by atoms with E-state index < -0.39 is 18.6 Å². The molecule has 1 atom stereocenters. The summed E-state index contributed by atoms with van der Waals surface area (Å²) in [6.07, 6.45) is 0.604. The number of carbonyl (C=O) groups excluding carboxylic acids is 1. The normalized spacial score (nSPS) is 11.6. The molecule has 1 rings (SSSR count). The van der Waals surface area contributed by atoms with Crippen LogP contribution in [0.25, 0.3) is 0 Å². The summed E-state index contributed by atoms with van der Waals surface area (Å²) in [5, 5.41) is 8.42. The Hall–Kier alpha value is -2.28. The molecule has 0 spiro atoms. The molecule has 2 amide bonds. The number of carboxylic acid groups (broad SMARTS) is 1. The number of carboxylic acids is 1. The first kappa shape index (κ1) is 16.8. The van der Waals surface area contributed by atoms with Crippen LogP contribution in [0, 0.1) is 0 Å². The van der Waals surface area contributed by atoms with Gasteiger partial charge in [-0.05, 0) is 25.0 Å². The largest absolute Gasteiger partial charge is 0.496 e. The van der Waals surface area contributed by atoms with Crippen LogP contribution in [0.15, 0.2) is 24.3 Å². The molecule has 0 saturated carbocycles. The molecule has 0 saturated heterocycles. The van der Waals surface area contributed by atoms with Crippen molar-refractivity contribution in [3.05, 3.63) is 29.8 Å². The molecule has 0 radical (unpaired) electrons. The van der Waals surface area contributed by atoms with Crippen LogP contribution in [0.2, 0.25) is 0 Å². The Morgan fingerprint density at radius 1 is 1.38 bits per heavy atom. The Morgan fingerprint density at radius 3 is 2.67 bits per heavy atom. The van der Waals surface area contributed by atoms with Gasteiger partial charge >= 0.3 is 12.0 Å². The number of ether oxygens (including phenoxy) is 1. The number of urea groups is 1. The quantitative estimate of drug-likeness (QED) is 0.740. The number of aliphatic carboxylic acids is 1. The smallest absolute Gasteiger partial charge is 0.341 e. The number of amides is 2. The van der Waals surface area contributed by atoms with Gasteiger partial charge < -0.3 is 14.7 Å². The topological polar surface area (TPSA) is 88.1 Å². The van der Waals surface area contributed by atoms with Crippen LogP contribution in [0.5, 0.6) is 5.75 Å². The molecule has 1 aromatic rings. The van der Waals surface area contributed by atoms with Gasteiger partial charge in [-0.3, -0.25) is 4.84 Å². The van der Waals surface area contributed by atoms with E-state index in [-0.39, 0.29) is 6.04 Å². The monoisotopic (exact) mass is 296 g/mol. The van der Waals surface area contributed by atoms with E-state index in [9.17, 15) is 9.59 Å². The van der Waals surface area contributed by atoms with Crippen LogP contribution in [0.4, 0.5) is 4.79 Å². The molecular weight excluding hydrogens is 276 g/mol. The van der Waals surface area contributed by atoms with Crippen molar-refractivity contribution in [1.82, 2.24) is 10.4 Å². The van der Waals surface area contributed by atoms with E-state index in [0.717, 1.165) is 11.3 Å². The fraction of sp³-hybridized carbons (Fsp3) is 0.429. The number of benzene rings is 1. The fourth-order valence-corrected chi connectivity index (χ4v) is 1.76. The maximum Gasteiger partial charge on any atom is 0.341 e. The molecule has 0 aromatic heterocycles. The summed E-state index contributed by atoms with van der Waals surface area (Å²) in [6, 6.07) is 6.96. The highest BCUT2D eigenvalue weighted by Crippen LogP contribution is 2.20. The van der Waals surface area contributed by atoms with Crippen molar-refractivity contribution < 1.29 is 24.3 Å². The Labute approximate surface area is 123 Å². The molecule has 7 nitrogen and oxygen atoms in total. The number of nitrogens with one attached hydrogen (secondary N) is 1. The van der Waals surface area contributed by atoms with Gasteiger partial charge in [-0.25, -0.2) is 15.1 Å². The van der Waals surface area contributed by atoms with Crippen molar-refractivity contribution >= 4 is 12.0 Å². The third-order valence-corrected chi connectivity index (χ3v) is 3.04. The summed E-state index contributed by atoms with van der Waals surface area (Å²) in [4.78, 5) is 28.1. The van der Waals surface area contributed by atoms with E-state index in [1.807, 2.05) is 31.2 Å².